The van der Waals surface area contributed by atoms with Gasteiger partial charge in [-0.3, -0.25) is 4.90 Å². The lowest BCUT2D eigenvalue weighted by molar-refractivity contribution is -0.0820. The van der Waals surface area contributed by atoms with Gasteiger partial charge in [-0.05, 0) is 62.4 Å². The van der Waals surface area contributed by atoms with Crippen molar-refractivity contribution in [2.75, 3.05) is 13.2 Å². The van der Waals surface area contributed by atoms with Crippen LogP contribution in [0.4, 0.5) is 13.2 Å². The summed E-state index contributed by atoms with van der Waals surface area (Å²) in [5, 5.41) is 2.52. The molecule has 9 heteroatoms. The number of halogens is 4. The predicted octanol–water partition coefficient (Wildman–Crippen LogP) is 8.68. The Hall–Kier alpha value is -2.69. The molecule has 0 radical (unpaired) electrons. The minimum absolute atomic E-state index is 0.259. The minimum Gasteiger partial charge on any atom is -0.401 e. The molecule has 6 rings (SSSR count). The largest absolute Gasteiger partial charge is 0.401 e. The fourth-order valence-corrected chi connectivity index (χ4v) is 13.1. The van der Waals surface area contributed by atoms with Crippen molar-refractivity contribution >= 4 is 56.9 Å². The van der Waals surface area contributed by atoms with E-state index in [1.54, 1.807) is 4.90 Å². The average Bonchev–Trinajstić information content (AvgIpc) is 3.52. The number of benzene rings is 3. The van der Waals surface area contributed by atoms with Crippen LogP contribution in [0.2, 0.25) is 5.04 Å². The van der Waals surface area contributed by atoms with Crippen LogP contribution in [0.15, 0.2) is 94.8 Å². The fourth-order valence-electron chi connectivity index (χ4n) is 6.86. The number of aromatic amines is 1. The first-order valence-electron chi connectivity index (χ1n) is 14.8. The second-order valence-electron chi connectivity index (χ2n) is 12.8. The van der Waals surface area contributed by atoms with Gasteiger partial charge in [0.1, 0.15) is 5.82 Å². The first-order valence-corrected chi connectivity index (χ1v) is 18.4. The van der Waals surface area contributed by atoms with E-state index in [2.05, 4.69) is 41.7 Å². The zero-order valence-corrected chi connectivity index (χ0v) is 28.6. The number of nitrogens with zero attached hydrogens (tertiary/aromatic N) is 1. The molecule has 1 N–H and O–H groups in total. The van der Waals surface area contributed by atoms with Crippen LogP contribution in [0.1, 0.15) is 49.9 Å². The fraction of sp³-hybridized carbons (Fsp3) is 0.314. The number of thiophene rings is 1. The average molecular weight is 698 g/mol. The van der Waals surface area contributed by atoms with E-state index < -0.39 is 44.3 Å². The zero-order chi connectivity index (χ0) is 31.3. The normalized spacial score (nSPS) is 18.1. The standard InChI is InChI=1S/C35H36BrF3N2OSSi/c1-23-19-27-26-17-11-12-18-29(26)40-31(27)32(33-28(37)20-30(36)43-33)41(23)21-35(38,39)22-42-44(34(2,3)4,24-13-7-5-8-14-24)25-15-9-6-10-16-25/h5-18,20,23,32,40H,19,21-22H2,1-4H3/t23-,32+/m1/s1. The Morgan fingerprint density at radius 2 is 1.55 bits per heavy atom. The number of rotatable bonds is 8. The second kappa shape index (κ2) is 11.9. The number of aromatic nitrogens is 1. The molecule has 1 aliphatic rings. The quantitative estimate of drug-likeness (QED) is 0.165. The van der Waals surface area contributed by atoms with Gasteiger partial charge in [0.15, 0.2) is 0 Å². The topological polar surface area (TPSA) is 28.3 Å². The summed E-state index contributed by atoms with van der Waals surface area (Å²) >= 11 is 4.67. The number of H-pyrrole nitrogens is 1. The molecule has 3 heterocycles. The van der Waals surface area contributed by atoms with Gasteiger partial charge in [0.2, 0.25) is 0 Å². The first-order chi connectivity index (χ1) is 20.9. The number of fused-ring (bicyclic) bond motifs is 3. The third-order valence-electron chi connectivity index (χ3n) is 8.78. The van der Waals surface area contributed by atoms with Gasteiger partial charge in [-0.1, -0.05) is 99.6 Å². The Balaban J connectivity index is 1.38. The molecule has 3 nitrogen and oxygen atoms in total. The van der Waals surface area contributed by atoms with Crippen LogP contribution in [0, 0.1) is 5.82 Å². The summed E-state index contributed by atoms with van der Waals surface area (Å²) in [5.41, 5.74) is 2.76. The maximum absolute atomic E-state index is 16.5. The summed E-state index contributed by atoms with van der Waals surface area (Å²) in [6.07, 6.45) is 0.579. The SMILES string of the molecule is C[C@@H]1Cc2c([nH]c3ccccc23)[C@@H](c2sc(Br)cc2F)N1CC(F)(F)CO[Si](c1ccccc1)(c1ccccc1)C(C)(C)C. The molecule has 0 spiro atoms. The van der Waals surface area contributed by atoms with Gasteiger partial charge < -0.3 is 9.41 Å². The van der Waals surface area contributed by atoms with Crippen molar-refractivity contribution in [1.82, 2.24) is 9.88 Å². The molecule has 230 valence electrons. The van der Waals surface area contributed by atoms with Gasteiger partial charge in [-0.2, -0.15) is 0 Å². The van der Waals surface area contributed by atoms with E-state index in [4.69, 9.17) is 4.43 Å². The first kappa shape index (κ1) is 31.3. The van der Waals surface area contributed by atoms with Gasteiger partial charge in [0.05, 0.1) is 27.9 Å². The highest BCUT2D eigenvalue weighted by Crippen LogP contribution is 2.46. The molecule has 0 saturated heterocycles. The van der Waals surface area contributed by atoms with E-state index in [-0.39, 0.29) is 6.04 Å². The molecule has 1 aliphatic heterocycles. The van der Waals surface area contributed by atoms with Crippen LogP contribution in [-0.2, 0) is 10.8 Å². The van der Waals surface area contributed by atoms with E-state index in [1.807, 2.05) is 91.9 Å². The Bertz CT molecular complexity index is 1710. The number of hydrogen-bond acceptors (Lipinski definition) is 3. The second-order valence-corrected chi connectivity index (χ2v) is 19.5. The van der Waals surface area contributed by atoms with Crippen molar-refractivity contribution in [2.24, 2.45) is 0 Å². The molecule has 2 aromatic heterocycles. The van der Waals surface area contributed by atoms with Crippen LogP contribution in [-0.4, -0.2) is 43.3 Å². The lowest BCUT2D eigenvalue weighted by Crippen LogP contribution is -2.67. The smallest absolute Gasteiger partial charge is 0.282 e. The Morgan fingerprint density at radius 3 is 2.11 bits per heavy atom. The summed E-state index contributed by atoms with van der Waals surface area (Å²) in [7, 11) is -3.18. The molecular weight excluding hydrogens is 661 g/mol. The van der Waals surface area contributed by atoms with Crippen LogP contribution in [0.25, 0.3) is 10.9 Å². The van der Waals surface area contributed by atoms with E-state index in [0.717, 1.165) is 32.5 Å². The summed E-state index contributed by atoms with van der Waals surface area (Å²) < 4.78 is 55.6. The number of hydrogen-bond donors (Lipinski definition) is 1. The molecular formula is C35H36BrF3N2OSSi. The molecule has 44 heavy (non-hydrogen) atoms. The number of nitrogens with one attached hydrogen (secondary N) is 1. The van der Waals surface area contributed by atoms with Crippen LogP contribution in [0.3, 0.4) is 0 Å². The van der Waals surface area contributed by atoms with E-state index in [0.29, 0.717) is 15.1 Å². The summed E-state index contributed by atoms with van der Waals surface area (Å²) in [6.45, 7) is 6.88. The number of para-hydroxylation sites is 1. The lowest BCUT2D eigenvalue weighted by atomic mass is 9.91. The van der Waals surface area contributed by atoms with Gasteiger partial charge in [0.25, 0.3) is 14.2 Å². The predicted molar refractivity (Wildman–Crippen MR) is 181 cm³/mol. The molecule has 0 saturated carbocycles. The molecule has 3 aromatic carbocycles. The summed E-state index contributed by atoms with van der Waals surface area (Å²) in [6, 6.07) is 28.1. The van der Waals surface area contributed by atoms with Gasteiger partial charge in [-0.15, -0.1) is 11.3 Å². The van der Waals surface area contributed by atoms with Crippen molar-refractivity contribution in [1.29, 1.82) is 0 Å². The highest BCUT2D eigenvalue weighted by atomic mass is 79.9. The Morgan fingerprint density at radius 1 is 0.955 bits per heavy atom. The van der Waals surface area contributed by atoms with Crippen LogP contribution in [0.5, 0.6) is 0 Å². The third kappa shape index (κ3) is 5.62. The van der Waals surface area contributed by atoms with E-state index in [1.165, 1.54) is 17.4 Å². The minimum atomic E-state index is -3.21. The third-order valence-corrected chi connectivity index (χ3v) is 15.4. The van der Waals surface area contributed by atoms with E-state index in [9.17, 15) is 0 Å². The molecule has 5 aromatic rings. The van der Waals surface area contributed by atoms with Crippen molar-refractivity contribution < 1.29 is 17.6 Å². The molecule has 0 bridgehead atoms. The molecule has 0 unspecified atom stereocenters. The molecule has 0 amide bonds. The molecule has 2 atom stereocenters. The van der Waals surface area contributed by atoms with Crippen molar-refractivity contribution in [3.8, 4) is 0 Å². The Kier molecular flexibility index (Phi) is 8.47. The van der Waals surface area contributed by atoms with Crippen LogP contribution >= 0.6 is 27.3 Å². The zero-order valence-electron chi connectivity index (χ0n) is 25.2. The number of alkyl halides is 2. The van der Waals surface area contributed by atoms with E-state index >= 15 is 13.2 Å². The Labute approximate surface area is 270 Å². The van der Waals surface area contributed by atoms with Gasteiger partial charge in [0, 0.05) is 22.6 Å². The lowest BCUT2D eigenvalue weighted by Gasteiger charge is -2.45. The molecule has 0 fully saturated rings. The van der Waals surface area contributed by atoms with Gasteiger partial charge >= 0.3 is 0 Å². The van der Waals surface area contributed by atoms with Crippen molar-refractivity contribution in [3.63, 3.8) is 0 Å². The highest BCUT2D eigenvalue weighted by Gasteiger charge is 2.52. The summed E-state index contributed by atoms with van der Waals surface area (Å²) in [4.78, 5) is 5.64. The van der Waals surface area contributed by atoms with Crippen LogP contribution < -0.4 is 10.4 Å². The van der Waals surface area contributed by atoms with Crippen molar-refractivity contribution in [2.45, 2.75) is 57.2 Å². The molecule has 0 aliphatic carbocycles. The maximum atomic E-state index is 16.5. The summed E-state index contributed by atoms with van der Waals surface area (Å²) in [5.74, 6) is -3.61. The van der Waals surface area contributed by atoms with Gasteiger partial charge in [-0.25, -0.2) is 13.2 Å². The monoisotopic (exact) mass is 696 g/mol. The van der Waals surface area contributed by atoms with Crippen molar-refractivity contribution in [3.05, 3.63) is 117 Å². The maximum Gasteiger partial charge on any atom is 0.282 e. The highest BCUT2D eigenvalue weighted by molar-refractivity contribution is 9.11.